The molecule has 0 saturated heterocycles. The molecule has 0 aliphatic carbocycles. The number of anilines is 2. The first-order chi connectivity index (χ1) is 7.75. The van der Waals surface area contributed by atoms with E-state index >= 15 is 0 Å². The Balaban J connectivity index is 2.00. The number of carbonyl (C=O) groups excluding carboxylic acids is 1. The summed E-state index contributed by atoms with van der Waals surface area (Å²) < 4.78 is 4.60. The van der Waals surface area contributed by atoms with Crippen LogP contribution in [-0.2, 0) is 11.2 Å². The van der Waals surface area contributed by atoms with Gasteiger partial charge in [-0.05, 0) is 11.6 Å². The highest BCUT2D eigenvalue weighted by Crippen LogP contribution is 2.12. The van der Waals surface area contributed by atoms with Gasteiger partial charge in [0.2, 0.25) is 5.91 Å². The van der Waals surface area contributed by atoms with Crippen LogP contribution in [0.4, 0.5) is 11.4 Å². The van der Waals surface area contributed by atoms with E-state index in [4.69, 9.17) is 5.73 Å². The first-order valence-electron chi connectivity index (χ1n) is 4.78. The van der Waals surface area contributed by atoms with Crippen molar-refractivity contribution in [1.82, 2.24) is 5.16 Å². The van der Waals surface area contributed by atoms with Gasteiger partial charge in [-0.3, -0.25) is 4.79 Å². The van der Waals surface area contributed by atoms with Crippen molar-refractivity contribution in [2.24, 2.45) is 0 Å². The highest BCUT2D eigenvalue weighted by atomic mass is 16.5. The van der Waals surface area contributed by atoms with Crippen molar-refractivity contribution < 1.29 is 9.32 Å². The third-order valence-electron chi connectivity index (χ3n) is 2.12. The first kappa shape index (κ1) is 10.2. The molecule has 0 radical (unpaired) electrons. The van der Waals surface area contributed by atoms with E-state index in [1.54, 1.807) is 6.07 Å². The predicted octanol–water partition coefficient (Wildman–Crippen LogP) is 1.44. The fourth-order valence-corrected chi connectivity index (χ4v) is 1.34. The Morgan fingerprint density at radius 3 is 2.94 bits per heavy atom. The minimum absolute atomic E-state index is 0.152. The molecule has 3 N–H and O–H groups in total. The summed E-state index contributed by atoms with van der Waals surface area (Å²) in [4.78, 5) is 11.6. The average Bonchev–Trinajstić information content (AvgIpc) is 2.74. The monoisotopic (exact) mass is 217 g/mol. The van der Waals surface area contributed by atoms with Crippen LogP contribution in [0.3, 0.4) is 0 Å². The van der Waals surface area contributed by atoms with Crippen LogP contribution < -0.4 is 11.1 Å². The molecule has 5 heteroatoms. The van der Waals surface area contributed by atoms with E-state index in [0.29, 0.717) is 11.4 Å². The number of aromatic nitrogens is 1. The topological polar surface area (TPSA) is 81.2 Å². The second-order valence-corrected chi connectivity index (χ2v) is 3.34. The molecule has 0 aliphatic heterocycles. The van der Waals surface area contributed by atoms with Crippen molar-refractivity contribution in [3.63, 3.8) is 0 Å². The number of hydrogen-bond donors (Lipinski definition) is 2. The van der Waals surface area contributed by atoms with Gasteiger partial charge in [0.1, 0.15) is 12.0 Å². The van der Waals surface area contributed by atoms with E-state index in [1.165, 1.54) is 12.5 Å². The van der Waals surface area contributed by atoms with Gasteiger partial charge >= 0.3 is 0 Å². The SMILES string of the molecule is Nc1ccccc1CC(=O)Nc1cnoc1. The normalized spacial score (nSPS) is 10.0. The third kappa shape index (κ3) is 2.38. The molecule has 1 amide bonds. The second-order valence-electron chi connectivity index (χ2n) is 3.34. The lowest BCUT2D eigenvalue weighted by Gasteiger charge is -2.04. The molecule has 5 nitrogen and oxygen atoms in total. The van der Waals surface area contributed by atoms with Crippen molar-refractivity contribution >= 4 is 17.3 Å². The summed E-state index contributed by atoms with van der Waals surface area (Å²) in [7, 11) is 0. The van der Waals surface area contributed by atoms with Crippen LogP contribution in [0, 0.1) is 0 Å². The highest BCUT2D eigenvalue weighted by Gasteiger charge is 2.07. The summed E-state index contributed by atoms with van der Waals surface area (Å²) in [5, 5.41) is 6.13. The zero-order chi connectivity index (χ0) is 11.4. The Bertz CT molecular complexity index is 480. The highest BCUT2D eigenvalue weighted by molar-refractivity contribution is 5.92. The molecule has 1 aromatic carbocycles. The van der Waals surface area contributed by atoms with E-state index in [2.05, 4.69) is 15.0 Å². The summed E-state index contributed by atoms with van der Waals surface area (Å²) in [6.07, 6.45) is 3.04. The molecule has 0 fully saturated rings. The first-order valence-corrected chi connectivity index (χ1v) is 4.78. The summed E-state index contributed by atoms with van der Waals surface area (Å²) in [6, 6.07) is 7.26. The number of benzene rings is 1. The van der Waals surface area contributed by atoms with Crippen LogP contribution in [0.5, 0.6) is 0 Å². The maximum atomic E-state index is 11.6. The lowest BCUT2D eigenvalue weighted by molar-refractivity contribution is -0.115. The molecule has 82 valence electrons. The molecule has 2 aromatic rings. The summed E-state index contributed by atoms with van der Waals surface area (Å²) in [5.41, 5.74) is 7.69. The third-order valence-corrected chi connectivity index (χ3v) is 2.12. The molecule has 1 heterocycles. The fourth-order valence-electron chi connectivity index (χ4n) is 1.34. The lowest BCUT2D eigenvalue weighted by Crippen LogP contribution is -2.14. The van der Waals surface area contributed by atoms with Crippen molar-refractivity contribution in [1.29, 1.82) is 0 Å². The molecule has 0 unspecified atom stereocenters. The number of amides is 1. The van der Waals surface area contributed by atoms with Crippen LogP contribution in [-0.4, -0.2) is 11.1 Å². The number of nitrogen functional groups attached to an aromatic ring is 1. The van der Waals surface area contributed by atoms with E-state index in [1.807, 2.05) is 18.2 Å². The van der Waals surface area contributed by atoms with Gasteiger partial charge in [-0.15, -0.1) is 0 Å². The van der Waals surface area contributed by atoms with Gasteiger partial charge in [0.05, 0.1) is 12.6 Å². The van der Waals surface area contributed by atoms with E-state index in [9.17, 15) is 4.79 Å². The summed E-state index contributed by atoms with van der Waals surface area (Å²) >= 11 is 0. The van der Waals surface area contributed by atoms with Crippen LogP contribution in [0.25, 0.3) is 0 Å². The van der Waals surface area contributed by atoms with Gasteiger partial charge in [-0.1, -0.05) is 23.4 Å². The molecule has 0 spiro atoms. The zero-order valence-corrected chi connectivity index (χ0v) is 8.51. The number of carbonyl (C=O) groups is 1. The number of para-hydroxylation sites is 1. The maximum Gasteiger partial charge on any atom is 0.229 e. The Morgan fingerprint density at radius 2 is 2.25 bits per heavy atom. The summed E-state index contributed by atoms with van der Waals surface area (Å²) in [6.45, 7) is 0. The van der Waals surface area contributed by atoms with Gasteiger partial charge in [-0.25, -0.2) is 0 Å². The van der Waals surface area contributed by atoms with E-state index < -0.39 is 0 Å². The van der Waals surface area contributed by atoms with Crippen molar-refractivity contribution in [2.45, 2.75) is 6.42 Å². The standard InChI is InChI=1S/C11H11N3O2/c12-10-4-2-1-3-8(10)5-11(15)14-9-6-13-16-7-9/h1-4,6-7H,5,12H2,(H,14,15). The minimum Gasteiger partial charge on any atom is -0.398 e. The number of rotatable bonds is 3. The average molecular weight is 217 g/mol. The van der Waals surface area contributed by atoms with Gasteiger partial charge < -0.3 is 15.6 Å². The number of nitrogens with zero attached hydrogens (tertiary/aromatic N) is 1. The quantitative estimate of drug-likeness (QED) is 0.762. The molecule has 0 saturated carbocycles. The van der Waals surface area contributed by atoms with Gasteiger partial charge in [0.25, 0.3) is 0 Å². The fraction of sp³-hybridized carbons (Fsp3) is 0.0909. The van der Waals surface area contributed by atoms with Crippen LogP contribution >= 0.6 is 0 Å². The minimum atomic E-state index is -0.152. The maximum absolute atomic E-state index is 11.6. The van der Waals surface area contributed by atoms with Crippen LogP contribution in [0.2, 0.25) is 0 Å². The lowest BCUT2D eigenvalue weighted by atomic mass is 10.1. The Morgan fingerprint density at radius 1 is 1.44 bits per heavy atom. The van der Waals surface area contributed by atoms with Crippen molar-refractivity contribution in [2.75, 3.05) is 11.1 Å². The molecule has 1 aromatic heterocycles. The van der Waals surface area contributed by atoms with Gasteiger partial charge in [0.15, 0.2) is 0 Å². The van der Waals surface area contributed by atoms with Gasteiger partial charge in [-0.2, -0.15) is 0 Å². The molecular weight excluding hydrogens is 206 g/mol. The van der Waals surface area contributed by atoms with E-state index in [0.717, 1.165) is 5.56 Å². The Labute approximate surface area is 92.2 Å². The molecule has 16 heavy (non-hydrogen) atoms. The molecular formula is C11H11N3O2. The smallest absolute Gasteiger partial charge is 0.229 e. The predicted molar refractivity (Wildman–Crippen MR) is 59.7 cm³/mol. The zero-order valence-electron chi connectivity index (χ0n) is 8.51. The number of hydrogen-bond acceptors (Lipinski definition) is 4. The Hall–Kier alpha value is -2.30. The number of nitrogens with two attached hydrogens (primary N) is 1. The molecule has 0 bridgehead atoms. The van der Waals surface area contributed by atoms with Crippen LogP contribution in [0.1, 0.15) is 5.56 Å². The summed E-state index contributed by atoms with van der Waals surface area (Å²) in [5.74, 6) is -0.152. The Kier molecular flexibility index (Phi) is 2.86. The molecule has 0 atom stereocenters. The van der Waals surface area contributed by atoms with Gasteiger partial charge in [0, 0.05) is 5.69 Å². The largest absolute Gasteiger partial charge is 0.398 e. The van der Waals surface area contributed by atoms with Crippen molar-refractivity contribution in [3.8, 4) is 0 Å². The second kappa shape index (κ2) is 4.48. The molecule has 0 aliphatic rings. The van der Waals surface area contributed by atoms with E-state index in [-0.39, 0.29) is 12.3 Å². The molecule has 2 rings (SSSR count). The van der Waals surface area contributed by atoms with Crippen LogP contribution in [0.15, 0.2) is 41.2 Å². The number of nitrogens with one attached hydrogen (secondary N) is 1. The van der Waals surface area contributed by atoms with Crippen molar-refractivity contribution in [3.05, 3.63) is 42.3 Å².